The Kier molecular flexibility index (Phi) is 3.45. The van der Waals surface area contributed by atoms with E-state index in [0.717, 1.165) is 12.3 Å². The molecule has 0 unspecified atom stereocenters. The fourth-order valence-corrected chi connectivity index (χ4v) is 2.97. The van der Waals surface area contributed by atoms with Crippen LogP contribution in [0.1, 0.15) is 51.9 Å². The van der Waals surface area contributed by atoms with Crippen molar-refractivity contribution in [3.63, 3.8) is 0 Å². The van der Waals surface area contributed by atoms with Gasteiger partial charge in [-0.15, -0.1) is 0 Å². The monoisotopic (exact) mass is 197 g/mol. The van der Waals surface area contributed by atoms with E-state index >= 15 is 0 Å². The van der Waals surface area contributed by atoms with Crippen molar-refractivity contribution in [3.05, 3.63) is 0 Å². The van der Waals surface area contributed by atoms with Gasteiger partial charge in [0.25, 0.3) is 0 Å². The van der Waals surface area contributed by atoms with Gasteiger partial charge in [-0.1, -0.05) is 26.2 Å². The first kappa shape index (κ1) is 10.4. The number of nitrogens with one attached hydrogen (secondary N) is 1. The summed E-state index contributed by atoms with van der Waals surface area (Å²) in [6.07, 6.45) is 8.61. The first-order valence-corrected chi connectivity index (χ1v) is 6.21. The lowest BCUT2D eigenvalue weighted by Crippen LogP contribution is -2.47. The molecule has 2 fully saturated rings. The van der Waals surface area contributed by atoms with Gasteiger partial charge in [-0.3, -0.25) is 0 Å². The van der Waals surface area contributed by atoms with Gasteiger partial charge in [0.05, 0.1) is 6.10 Å². The summed E-state index contributed by atoms with van der Waals surface area (Å²) in [6.45, 7) is 2.33. The number of aliphatic hydroxyl groups excluding tert-OH is 1. The van der Waals surface area contributed by atoms with Crippen LogP contribution in [0.25, 0.3) is 0 Å². The topological polar surface area (TPSA) is 32.3 Å². The summed E-state index contributed by atoms with van der Waals surface area (Å²) in [4.78, 5) is 0. The van der Waals surface area contributed by atoms with E-state index in [1.54, 1.807) is 0 Å². The Morgan fingerprint density at radius 3 is 2.29 bits per heavy atom. The third-order valence-electron chi connectivity index (χ3n) is 4.02. The smallest absolute Gasteiger partial charge is 0.0693 e. The molecule has 4 atom stereocenters. The second kappa shape index (κ2) is 4.63. The summed E-state index contributed by atoms with van der Waals surface area (Å²) in [5.74, 6) is 0.809. The second-order valence-electron chi connectivity index (χ2n) is 5.14. The average molecular weight is 197 g/mol. The standard InChI is InChI=1S/C12H23NO/c1-9-5-4-7-10(9)13-11-6-2-3-8-12(11)14/h9-14H,2-8H2,1H3/t9-,10+,11+,12-/m0/s1. The van der Waals surface area contributed by atoms with Crippen LogP contribution < -0.4 is 5.32 Å². The number of hydrogen-bond donors (Lipinski definition) is 2. The predicted molar refractivity (Wildman–Crippen MR) is 58.2 cm³/mol. The molecule has 2 aliphatic carbocycles. The minimum atomic E-state index is -0.0865. The maximum atomic E-state index is 9.85. The van der Waals surface area contributed by atoms with Crippen molar-refractivity contribution >= 4 is 0 Å². The van der Waals surface area contributed by atoms with E-state index < -0.39 is 0 Å². The van der Waals surface area contributed by atoms with Crippen LogP contribution in [-0.2, 0) is 0 Å². The molecule has 0 amide bonds. The van der Waals surface area contributed by atoms with Crippen molar-refractivity contribution in [2.75, 3.05) is 0 Å². The third kappa shape index (κ3) is 2.29. The Balaban J connectivity index is 1.83. The molecule has 0 aromatic rings. The molecule has 0 spiro atoms. The summed E-state index contributed by atoms with van der Waals surface area (Å²) in [5, 5.41) is 13.5. The van der Waals surface area contributed by atoms with Gasteiger partial charge in [0.2, 0.25) is 0 Å². The summed E-state index contributed by atoms with van der Waals surface area (Å²) < 4.78 is 0. The van der Waals surface area contributed by atoms with Gasteiger partial charge < -0.3 is 10.4 Å². The van der Waals surface area contributed by atoms with Crippen LogP contribution in [0.15, 0.2) is 0 Å². The van der Waals surface area contributed by atoms with Crippen molar-refractivity contribution in [1.82, 2.24) is 5.32 Å². The zero-order chi connectivity index (χ0) is 9.97. The number of aliphatic hydroxyl groups is 1. The fourth-order valence-electron chi connectivity index (χ4n) is 2.97. The molecule has 0 aliphatic heterocycles. The Labute approximate surface area is 87.1 Å². The second-order valence-corrected chi connectivity index (χ2v) is 5.14. The predicted octanol–water partition coefficient (Wildman–Crippen LogP) is 2.07. The number of rotatable bonds is 2. The molecule has 2 heteroatoms. The van der Waals surface area contributed by atoms with Crippen molar-refractivity contribution in [2.24, 2.45) is 5.92 Å². The largest absolute Gasteiger partial charge is 0.392 e. The van der Waals surface area contributed by atoms with Crippen molar-refractivity contribution < 1.29 is 5.11 Å². The molecule has 0 aromatic heterocycles. The molecular formula is C12H23NO. The maximum Gasteiger partial charge on any atom is 0.0693 e. The molecule has 2 aliphatic rings. The van der Waals surface area contributed by atoms with Gasteiger partial charge in [-0.25, -0.2) is 0 Å². The Morgan fingerprint density at radius 1 is 0.929 bits per heavy atom. The maximum absolute atomic E-state index is 9.85. The lowest BCUT2D eigenvalue weighted by atomic mass is 9.91. The number of hydrogen-bond acceptors (Lipinski definition) is 2. The highest BCUT2D eigenvalue weighted by atomic mass is 16.3. The van der Waals surface area contributed by atoms with E-state index in [2.05, 4.69) is 12.2 Å². The molecule has 82 valence electrons. The van der Waals surface area contributed by atoms with Gasteiger partial charge >= 0.3 is 0 Å². The summed E-state index contributed by atoms with van der Waals surface area (Å²) in [6, 6.07) is 1.06. The van der Waals surface area contributed by atoms with Crippen molar-refractivity contribution in [1.29, 1.82) is 0 Å². The van der Waals surface area contributed by atoms with Crippen LogP contribution in [-0.4, -0.2) is 23.3 Å². The zero-order valence-corrected chi connectivity index (χ0v) is 9.21. The molecule has 2 saturated carbocycles. The van der Waals surface area contributed by atoms with E-state index in [-0.39, 0.29) is 6.10 Å². The van der Waals surface area contributed by atoms with E-state index in [0.29, 0.717) is 12.1 Å². The molecule has 0 aromatic carbocycles. The van der Waals surface area contributed by atoms with Crippen LogP contribution in [0.5, 0.6) is 0 Å². The minimum absolute atomic E-state index is 0.0865. The van der Waals surface area contributed by atoms with Crippen LogP contribution in [0, 0.1) is 5.92 Å². The summed E-state index contributed by atoms with van der Waals surface area (Å²) in [5.41, 5.74) is 0. The molecule has 14 heavy (non-hydrogen) atoms. The third-order valence-corrected chi connectivity index (χ3v) is 4.02. The minimum Gasteiger partial charge on any atom is -0.392 e. The molecule has 0 radical (unpaired) electrons. The van der Waals surface area contributed by atoms with E-state index in [1.165, 1.54) is 38.5 Å². The molecule has 0 heterocycles. The molecule has 0 bridgehead atoms. The zero-order valence-electron chi connectivity index (χ0n) is 9.21. The van der Waals surface area contributed by atoms with E-state index in [1.807, 2.05) is 0 Å². The highest BCUT2D eigenvalue weighted by Gasteiger charge is 2.29. The summed E-state index contributed by atoms with van der Waals surface area (Å²) >= 11 is 0. The van der Waals surface area contributed by atoms with Crippen LogP contribution >= 0.6 is 0 Å². The van der Waals surface area contributed by atoms with Gasteiger partial charge in [0, 0.05) is 12.1 Å². The molecule has 2 rings (SSSR count). The molecular weight excluding hydrogens is 174 g/mol. The quantitative estimate of drug-likeness (QED) is 0.710. The average Bonchev–Trinajstić information content (AvgIpc) is 2.56. The first-order valence-electron chi connectivity index (χ1n) is 6.21. The van der Waals surface area contributed by atoms with Crippen LogP contribution in [0.2, 0.25) is 0 Å². The highest BCUT2D eigenvalue weighted by Crippen LogP contribution is 2.27. The summed E-state index contributed by atoms with van der Waals surface area (Å²) in [7, 11) is 0. The SMILES string of the molecule is C[C@H]1CCC[C@H]1N[C@@H]1CCCC[C@@H]1O. The van der Waals surface area contributed by atoms with Gasteiger partial charge in [-0.2, -0.15) is 0 Å². The Morgan fingerprint density at radius 2 is 1.64 bits per heavy atom. The Hall–Kier alpha value is -0.0800. The van der Waals surface area contributed by atoms with Gasteiger partial charge in [0.15, 0.2) is 0 Å². The molecule has 0 saturated heterocycles. The lowest BCUT2D eigenvalue weighted by molar-refractivity contribution is 0.0823. The van der Waals surface area contributed by atoms with Gasteiger partial charge in [0.1, 0.15) is 0 Å². The normalized spacial score (nSPS) is 44.1. The van der Waals surface area contributed by atoms with Gasteiger partial charge in [-0.05, 0) is 31.6 Å². The fraction of sp³-hybridized carbons (Fsp3) is 1.00. The lowest BCUT2D eigenvalue weighted by Gasteiger charge is -2.32. The van der Waals surface area contributed by atoms with Crippen LogP contribution in [0.4, 0.5) is 0 Å². The van der Waals surface area contributed by atoms with E-state index in [4.69, 9.17) is 0 Å². The molecule has 2 nitrogen and oxygen atoms in total. The van der Waals surface area contributed by atoms with Crippen molar-refractivity contribution in [3.8, 4) is 0 Å². The highest BCUT2D eigenvalue weighted by molar-refractivity contribution is 4.88. The molecule has 2 N–H and O–H groups in total. The van der Waals surface area contributed by atoms with E-state index in [9.17, 15) is 5.11 Å². The van der Waals surface area contributed by atoms with Crippen molar-refractivity contribution in [2.45, 2.75) is 70.1 Å². The van der Waals surface area contributed by atoms with Crippen LogP contribution in [0.3, 0.4) is 0 Å². The Bertz CT molecular complexity index is 183. The first-order chi connectivity index (χ1) is 6.77.